The number of H-pyrrole nitrogens is 1. The number of Topliss-reactive ketones (excluding diaryl/α,β-unsaturated/α-hetero) is 1. The number of rotatable bonds is 4. The van der Waals surface area contributed by atoms with Gasteiger partial charge in [0.05, 0.1) is 3.79 Å². The number of carbonyl (C=O) groups excluding carboxylic acids is 2. The van der Waals surface area contributed by atoms with Crippen molar-refractivity contribution in [2.24, 2.45) is 5.41 Å². The van der Waals surface area contributed by atoms with Gasteiger partial charge < -0.3 is 10.3 Å². The second kappa shape index (κ2) is 6.48. The zero-order chi connectivity index (χ0) is 17.5. The van der Waals surface area contributed by atoms with Crippen LogP contribution < -0.4 is 5.32 Å². The second-order valence-electron chi connectivity index (χ2n) is 7.13. The molecule has 128 valence electrons. The van der Waals surface area contributed by atoms with Crippen LogP contribution in [0.1, 0.15) is 57.2 Å². The van der Waals surface area contributed by atoms with Crippen molar-refractivity contribution in [2.45, 2.75) is 40.0 Å². The molecule has 3 rings (SSSR count). The molecule has 2 heterocycles. The van der Waals surface area contributed by atoms with Gasteiger partial charge in [0, 0.05) is 29.1 Å². The molecule has 1 aliphatic rings. The maximum absolute atomic E-state index is 12.5. The Morgan fingerprint density at radius 3 is 2.79 bits per heavy atom. The minimum atomic E-state index is -0.136. The van der Waals surface area contributed by atoms with E-state index in [0.29, 0.717) is 18.7 Å². The fourth-order valence-electron chi connectivity index (χ4n) is 3.33. The molecule has 1 amide bonds. The number of hydrogen-bond acceptors (Lipinski definition) is 3. The van der Waals surface area contributed by atoms with E-state index in [1.165, 1.54) is 4.88 Å². The number of aromatic nitrogens is 1. The van der Waals surface area contributed by atoms with Crippen LogP contribution in [0.3, 0.4) is 0 Å². The predicted molar refractivity (Wildman–Crippen MR) is 100 cm³/mol. The number of ketones is 1. The van der Waals surface area contributed by atoms with Crippen LogP contribution in [0.15, 0.2) is 15.9 Å². The first kappa shape index (κ1) is 17.4. The summed E-state index contributed by atoms with van der Waals surface area (Å²) in [6, 6.07) is 4.07. The Balaban J connectivity index is 1.71. The van der Waals surface area contributed by atoms with Gasteiger partial charge in [-0.05, 0) is 58.8 Å². The SMILES string of the molecule is Cc1c(C(=O)NCCc2ccc(Br)s2)[nH]c2c1C(=O)CC(C)(C)C2. The molecule has 0 saturated carbocycles. The lowest BCUT2D eigenvalue weighted by molar-refractivity contribution is 0.0909. The molecule has 0 spiro atoms. The molecular weight excluding hydrogens is 388 g/mol. The van der Waals surface area contributed by atoms with E-state index in [4.69, 9.17) is 0 Å². The van der Waals surface area contributed by atoms with Crippen molar-refractivity contribution in [1.29, 1.82) is 0 Å². The third kappa shape index (κ3) is 3.49. The number of halogens is 1. The summed E-state index contributed by atoms with van der Waals surface area (Å²) in [5.74, 6) is 0.000568. The molecule has 6 heteroatoms. The number of amides is 1. The number of fused-ring (bicyclic) bond motifs is 1. The molecule has 0 aliphatic heterocycles. The summed E-state index contributed by atoms with van der Waals surface area (Å²) in [6.45, 7) is 6.61. The Kier molecular flexibility index (Phi) is 4.71. The van der Waals surface area contributed by atoms with Crippen molar-refractivity contribution >= 4 is 39.0 Å². The van der Waals surface area contributed by atoms with Crippen molar-refractivity contribution in [3.8, 4) is 0 Å². The summed E-state index contributed by atoms with van der Waals surface area (Å²) in [7, 11) is 0. The molecule has 1 aliphatic carbocycles. The number of thiophene rings is 1. The highest BCUT2D eigenvalue weighted by Crippen LogP contribution is 2.36. The summed E-state index contributed by atoms with van der Waals surface area (Å²) in [5, 5.41) is 2.95. The lowest BCUT2D eigenvalue weighted by Crippen LogP contribution is -2.26. The molecule has 4 nitrogen and oxygen atoms in total. The summed E-state index contributed by atoms with van der Waals surface area (Å²) in [4.78, 5) is 29.3. The summed E-state index contributed by atoms with van der Waals surface area (Å²) >= 11 is 5.11. The summed E-state index contributed by atoms with van der Waals surface area (Å²) < 4.78 is 1.10. The Bertz CT molecular complexity index is 804. The van der Waals surface area contributed by atoms with Crippen molar-refractivity contribution in [1.82, 2.24) is 10.3 Å². The van der Waals surface area contributed by atoms with Gasteiger partial charge in [0.1, 0.15) is 5.69 Å². The minimum absolute atomic E-state index is 0.0539. The van der Waals surface area contributed by atoms with Crippen LogP contribution in [-0.4, -0.2) is 23.2 Å². The molecule has 0 aromatic carbocycles. The van der Waals surface area contributed by atoms with Gasteiger partial charge in [0.25, 0.3) is 5.91 Å². The maximum Gasteiger partial charge on any atom is 0.268 e. The normalized spacial score (nSPS) is 16.1. The van der Waals surface area contributed by atoms with Gasteiger partial charge in [-0.25, -0.2) is 0 Å². The van der Waals surface area contributed by atoms with Crippen LogP contribution in [0.5, 0.6) is 0 Å². The van der Waals surface area contributed by atoms with Crippen molar-refractivity contribution in [3.63, 3.8) is 0 Å². The molecular formula is C18H21BrN2O2S. The number of aromatic amines is 1. The smallest absolute Gasteiger partial charge is 0.268 e. The molecule has 2 aromatic rings. The Morgan fingerprint density at radius 2 is 2.12 bits per heavy atom. The predicted octanol–water partition coefficient (Wildman–Crippen LogP) is 4.27. The number of carbonyl (C=O) groups is 2. The van der Waals surface area contributed by atoms with E-state index in [1.54, 1.807) is 11.3 Å². The van der Waals surface area contributed by atoms with Gasteiger partial charge in [0.2, 0.25) is 0 Å². The first-order chi connectivity index (χ1) is 11.3. The highest BCUT2D eigenvalue weighted by molar-refractivity contribution is 9.11. The zero-order valence-electron chi connectivity index (χ0n) is 14.1. The van der Waals surface area contributed by atoms with Gasteiger partial charge in [-0.3, -0.25) is 9.59 Å². The van der Waals surface area contributed by atoms with Crippen LogP contribution >= 0.6 is 27.3 Å². The quantitative estimate of drug-likeness (QED) is 0.792. The molecule has 24 heavy (non-hydrogen) atoms. The van der Waals surface area contributed by atoms with Crippen molar-refractivity contribution in [2.75, 3.05) is 6.54 Å². The molecule has 0 bridgehead atoms. The van der Waals surface area contributed by atoms with Crippen LogP contribution in [-0.2, 0) is 12.8 Å². The monoisotopic (exact) mass is 408 g/mol. The van der Waals surface area contributed by atoms with E-state index < -0.39 is 0 Å². The number of hydrogen-bond donors (Lipinski definition) is 2. The van der Waals surface area contributed by atoms with Crippen molar-refractivity contribution in [3.05, 3.63) is 43.3 Å². The van der Waals surface area contributed by atoms with E-state index in [0.717, 1.165) is 33.4 Å². The van der Waals surface area contributed by atoms with Crippen LogP contribution in [0.2, 0.25) is 0 Å². The molecule has 0 fully saturated rings. The average Bonchev–Trinajstić information content (AvgIpc) is 3.01. The molecule has 0 radical (unpaired) electrons. The third-order valence-electron chi connectivity index (χ3n) is 4.41. The number of nitrogens with one attached hydrogen (secondary N) is 2. The van der Waals surface area contributed by atoms with Gasteiger partial charge in [0.15, 0.2) is 5.78 Å². The second-order valence-corrected chi connectivity index (χ2v) is 9.68. The third-order valence-corrected chi connectivity index (χ3v) is 6.10. The summed E-state index contributed by atoms with van der Waals surface area (Å²) in [5.41, 5.74) is 2.88. The Morgan fingerprint density at radius 1 is 1.38 bits per heavy atom. The average molecular weight is 409 g/mol. The Labute approximate surface area is 154 Å². The first-order valence-electron chi connectivity index (χ1n) is 8.04. The topological polar surface area (TPSA) is 62.0 Å². The van der Waals surface area contributed by atoms with Crippen LogP contribution in [0, 0.1) is 12.3 Å². The minimum Gasteiger partial charge on any atom is -0.354 e. The van der Waals surface area contributed by atoms with Gasteiger partial charge in [-0.2, -0.15) is 0 Å². The standard InChI is InChI=1S/C18H21BrN2O2S/c1-10-15-12(8-18(2,3)9-13(15)22)21-16(10)17(23)20-7-6-11-4-5-14(19)24-11/h4-5,21H,6-9H2,1-3H3,(H,20,23). The van der Waals surface area contributed by atoms with Crippen molar-refractivity contribution < 1.29 is 9.59 Å². The highest BCUT2D eigenvalue weighted by atomic mass is 79.9. The van der Waals surface area contributed by atoms with E-state index in [2.05, 4.69) is 46.1 Å². The lowest BCUT2D eigenvalue weighted by atomic mass is 9.75. The summed E-state index contributed by atoms with van der Waals surface area (Å²) in [6.07, 6.45) is 2.13. The largest absolute Gasteiger partial charge is 0.354 e. The highest BCUT2D eigenvalue weighted by Gasteiger charge is 2.35. The zero-order valence-corrected chi connectivity index (χ0v) is 16.5. The molecule has 2 N–H and O–H groups in total. The van der Waals surface area contributed by atoms with E-state index in [1.807, 2.05) is 13.0 Å². The van der Waals surface area contributed by atoms with Gasteiger partial charge >= 0.3 is 0 Å². The molecule has 0 atom stereocenters. The van der Waals surface area contributed by atoms with Gasteiger partial charge in [-0.15, -0.1) is 11.3 Å². The Hall–Kier alpha value is -1.40. The molecule has 0 unspecified atom stereocenters. The van der Waals surface area contributed by atoms with Gasteiger partial charge in [-0.1, -0.05) is 13.8 Å². The first-order valence-corrected chi connectivity index (χ1v) is 9.65. The fraction of sp³-hybridized carbons (Fsp3) is 0.444. The van der Waals surface area contributed by atoms with Crippen LogP contribution in [0.25, 0.3) is 0 Å². The van der Waals surface area contributed by atoms with E-state index in [9.17, 15) is 9.59 Å². The maximum atomic E-state index is 12.5. The lowest BCUT2D eigenvalue weighted by Gasteiger charge is -2.28. The van der Waals surface area contributed by atoms with E-state index in [-0.39, 0.29) is 17.1 Å². The molecule has 2 aromatic heterocycles. The van der Waals surface area contributed by atoms with E-state index >= 15 is 0 Å². The fourth-order valence-corrected chi connectivity index (χ4v) is 4.82. The van der Waals surface area contributed by atoms with Crippen LogP contribution in [0.4, 0.5) is 0 Å². The molecule has 0 saturated heterocycles.